The number of hydrogen-bond acceptors (Lipinski definition) is 7. The predicted molar refractivity (Wildman–Crippen MR) is 118 cm³/mol. The summed E-state index contributed by atoms with van der Waals surface area (Å²) in [7, 11) is -0.598. The van der Waals surface area contributed by atoms with Gasteiger partial charge in [0.2, 0.25) is 5.95 Å². The summed E-state index contributed by atoms with van der Waals surface area (Å²) >= 11 is 1.83. The maximum absolute atomic E-state index is 11.6. The molecule has 0 saturated carbocycles. The van der Waals surface area contributed by atoms with Crippen LogP contribution >= 0.6 is 11.9 Å². The van der Waals surface area contributed by atoms with Crippen molar-refractivity contribution in [3.05, 3.63) is 24.4 Å². The highest BCUT2D eigenvalue weighted by Crippen LogP contribution is 2.42. The molecule has 4 heterocycles. The van der Waals surface area contributed by atoms with Crippen LogP contribution in [0.5, 0.6) is 0 Å². The summed E-state index contributed by atoms with van der Waals surface area (Å²) in [6.45, 7) is 4.23. The number of aromatic nitrogens is 2. The molecule has 8 heteroatoms. The third-order valence-corrected chi connectivity index (χ3v) is 9.10. The summed E-state index contributed by atoms with van der Waals surface area (Å²) in [5, 5.41) is 4.64. The van der Waals surface area contributed by atoms with E-state index in [1.54, 1.807) is 0 Å². The Morgan fingerprint density at radius 1 is 1.25 bits per heavy atom. The van der Waals surface area contributed by atoms with Crippen molar-refractivity contribution in [1.82, 2.24) is 14.3 Å². The molecule has 2 aromatic rings. The number of para-hydroxylation sites is 1. The Kier molecular flexibility index (Phi) is 4.97. The lowest BCUT2D eigenvalue weighted by Crippen LogP contribution is -2.46. The second-order valence-corrected chi connectivity index (χ2v) is 10.7. The van der Waals surface area contributed by atoms with Gasteiger partial charge in [0.05, 0.1) is 11.2 Å². The average molecular weight is 418 g/mol. The number of nitrogens with one attached hydrogen (secondary N) is 1. The molecular weight excluding hydrogens is 390 g/mol. The Morgan fingerprint density at radius 3 is 2.82 bits per heavy atom. The molecule has 6 nitrogen and oxygen atoms in total. The van der Waals surface area contributed by atoms with Crippen molar-refractivity contribution in [2.45, 2.75) is 25.3 Å². The molecule has 0 amide bonds. The van der Waals surface area contributed by atoms with E-state index < -0.39 is 10.8 Å². The fourth-order valence-electron chi connectivity index (χ4n) is 4.75. The van der Waals surface area contributed by atoms with Crippen LogP contribution in [-0.4, -0.2) is 68.5 Å². The number of fused-ring (bicyclic) bond motifs is 1. The minimum atomic E-state index is -0.598. The van der Waals surface area contributed by atoms with Gasteiger partial charge in [0.25, 0.3) is 0 Å². The first-order valence-corrected chi connectivity index (χ1v) is 12.7. The average Bonchev–Trinajstić information content (AvgIpc) is 3.13. The summed E-state index contributed by atoms with van der Waals surface area (Å²) in [5.74, 6) is 2.47. The Morgan fingerprint density at radius 2 is 2.07 bits per heavy atom. The molecule has 0 radical (unpaired) electrons. The normalized spacial score (nSPS) is 28.8. The zero-order chi connectivity index (χ0) is 19.1. The first-order valence-electron chi connectivity index (χ1n) is 10.1. The molecule has 1 spiro atoms. The Hall–Kier alpha value is -1.38. The van der Waals surface area contributed by atoms with Crippen LogP contribution in [0.3, 0.4) is 0 Å². The minimum Gasteiger partial charge on any atom is -0.369 e. The fraction of sp³-hybridized carbons (Fsp3) is 0.600. The molecule has 150 valence electrons. The summed E-state index contributed by atoms with van der Waals surface area (Å²) in [6, 6.07) is 6.79. The van der Waals surface area contributed by atoms with Gasteiger partial charge in [-0.1, -0.05) is 24.1 Å². The summed E-state index contributed by atoms with van der Waals surface area (Å²) in [4.78, 5) is 11.9. The van der Waals surface area contributed by atoms with Gasteiger partial charge in [0.15, 0.2) is 0 Å². The molecular formula is C20H27N5OS2. The molecule has 0 atom stereocenters. The zero-order valence-corrected chi connectivity index (χ0v) is 17.9. The van der Waals surface area contributed by atoms with Crippen LogP contribution < -0.4 is 10.2 Å². The third kappa shape index (κ3) is 3.50. The van der Waals surface area contributed by atoms with Gasteiger partial charge >= 0.3 is 0 Å². The van der Waals surface area contributed by atoms with Gasteiger partial charge in [-0.3, -0.25) is 8.51 Å². The summed E-state index contributed by atoms with van der Waals surface area (Å²) in [6.07, 6.45) is 7.46. The standard InChI is InChI=1S/C20H27N5OS2/c1-27-25-8-5-16(6-9-25)22-19-21-11-15-3-2-4-17(18(15)23-19)24-10-7-20(12-24)13-28(26)14-20/h2-4,11,16H,5-10,12-14H2,1H3,(H,21,22,23). The number of benzene rings is 1. The van der Waals surface area contributed by atoms with Crippen LogP contribution in [0.25, 0.3) is 10.9 Å². The van der Waals surface area contributed by atoms with Crippen molar-refractivity contribution in [1.29, 1.82) is 0 Å². The first kappa shape index (κ1) is 18.6. The van der Waals surface area contributed by atoms with Gasteiger partial charge in [-0.15, -0.1) is 0 Å². The fourth-order valence-corrected chi connectivity index (χ4v) is 7.08. The molecule has 3 aliphatic heterocycles. The van der Waals surface area contributed by atoms with Crippen molar-refractivity contribution in [3.8, 4) is 0 Å². The van der Waals surface area contributed by atoms with Crippen molar-refractivity contribution < 1.29 is 4.21 Å². The van der Waals surface area contributed by atoms with Gasteiger partial charge < -0.3 is 10.2 Å². The third-order valence-electron chi connectivity index (χ3n) is 6.35. The first-order chi connectivity index (χ1) is 13.6. The summed E-state index contributed by atoms with van der Waals surface area (Å²) in [5.41, 5.74) is 2.49. The lowest BCUT2D eigenvalue weighted by Gasteiger charge is -2.37. The highest BCUT2D eigenvalue weighted by atomic mass is 32.2. The number of rotatable bonds is 4. The lowest BCUT2D eigenvalue weighted by atomic mass is 9.91. The second kappa shape index (κ2) is 7.46. The van der Waals surface area contributed by atoms with Crippen molar-refractivity contribution in [3.63, 3.8) is 0 Å². The van der Waals surface area contributed by atoms with E-state index in [-0.39, 0.29) is 5.41 Å². The minimum absolute atomic E-state index is 0.270. The van der Waals surface area contributed by atoms with Crippen LogP contribution in [0.1, 0.15) is 19.3 Å². The van der Waals surface area contributed by atoms with Crippen molar-refractivity contribution in [2.75, 3.05) is 54.2 Å². The lowest BCUT2D eigenvalue weighted by molar-refractivity contribution is 0.358. The highest BCUT2D eigenvalue weighted by molar-refractivity contribution is 7.96. The molecule has 1 aromatic carbocycles. The smallest absolute Gasteiger partial charge is 0.223 e. The van der Waals surface area contributed by atoms with Crippen LogP contribution in [0.4, 0.5) is 11.6 Å². The molecule has 1 N–H and O–H groups in total. The van der Waals surface area contributed by atoms with Gasteiger partial charge in [0.1, 0.15) is 0 Å². The van der Waals surface area contributed by atoms with Crippen molar-refractivity contribution >= 4 is 45.3 Å². The van der Waals surface area contributed by atoms with Gasteiger partial charge in [0, 0.05) is 71.5 Å². The van der Waals surface area contributed by atoms with Crippen LogP contribution in [-0.2, 0) is 10.8 Å². The number of piperidine rings is 1. The van der Waals surface area contributed by atoms with E-state index in [0.717, 1.165) is 73.8 Å². The largest absolute Gasteiger partial charge is 0.369 e. The molecule has 3 fully saturated rings. The number of hydrogen-bond donors (Lipinski definition) is 1. The molecule has 5 rings (SSSR count). The predicted octanol–water partition coefficient (Wildman–Crippen LogP) is 2.74. The topological polar surface area (TPSA) is 61.4 Å². The Labute approximate surface area is 173 Å². The van der Waals surface area contributed by atoms with E-state index in [4.69, 9.17) is 4.98 Å². The summed E-state index contributed by atoms with van der Waals surface area (Å²) < 4.78 is 14.1. The maximum Gasteiger partial charge on any atom is 0.223 e. The van der Waals surface area contributed by atoms with E-state index in [9.17, 15) is 4.21 Å². The molecule has 3 saturated heterocycles. The molecule has 3 aliphatic rings. The maximum atomic E-state index is 11.6. The quantitative estimate of drug-likeness (QED) is 0.768. The number of nitrogens with zero attached hydrogens (tertiary/aromatic N) is 4. The van der Waals surface area contributed by atoms with E-state index >= 15 is 0 Å². The zero-order valence-electron chi connectivity index (χ0n) is 16.3. The van der Waals surface area contributed by atoms with Gasteiger partial charge in [-0.2, -0.15) is 0 Å². The van der Waals surface area contributed by atoms with E-state index in [1.165, 1.54) is 5.69 Å². The molecule has 0 unspecified atom stereocenters. The van der Waals surface area contributed by atoms with E-state index in [0.29, 0.717) is 6.04 Å². The molecule has 1 aromatic heterocycles. The van der Waals surface area contributed by atoms with Crippen LogP contribution in [0.2, 0.25) is 0 Å². The molecule has 28 heavy (non-hydrogen) atoms. The second-order valence-electron chi connectivity index (χ2n) is 8.34. The van der Waals surface area contributed by atoms with Crippen LogP contribution in [0, 0.1) is 5.41 Å². The Bertz CT molecular complexity index is 891. The van der Waals surface area contributed by atoms with Crippen molar-refractivity contribution in [2.24, 2.45) is 5.41 Å². The monoisotopic (exact) mass is 417 g/mol. The van der Waals surface area contributed by atoms with E-state index in [1.807, 2.05) is 18.1 Å². The van der Waals surface area contributed by atoms with Gasteiger partial charge in [-0.25, -0.2) is 9.97 Å². The SMILES string of the molecule is CSN1CCC(Nc2ncc3cccc(N4CCC5(C4)CS(=O)C5)c3n2)CC1. The molecule has 0 bridgehead atoms. The highest BCUT2D eigenvalue weighted by Gasteiger charge is 2.47. The van der Waals surface area contributed by atoms with E-state index in [2.05, 4.69) is 44.0 Å². The van der Waals surface area contributed by atoms with Crippen LogP contribution in [0.15, 0.2) is 24.4 Å². The Balaban J connectivity index is 1.36. The van der Waals surface area contributed by atoms with Gasteiger partial charge in [-0.05, 0) is 31.6 Å². The molecule has 0 aliphatic carbocycles. The number of anilines is 2.